The number of aromatic nitrogens is 8. The molecule has 0 saturated heterocycles. The maximum absolute atomic E-state index is 6.32. The Bertz CT molecular complexity index is 3130. The molecule has 5 heterocycles. The molecular weight excluding hydrogens is 866 g/mol. The molecule has 0 radical (unpaired) electrons. The second kappa shape index (κ2) is 16.8. The SMILES string of the molecule is CC(C)(C)COc1ccc2c(c1)-c1nc-2nc2[n-]c(nc3nc(nc4[n-]c(n1)c1ccc(OCC(C)(C)C)cc41)-c1cc(OCC(C)(C)C)ccc1-3)c1cc(OCC(C)(C)C)ccc21.[Zn+2]. The molecule has 7 aromatic rings. The first kappa shape index (κ1) is 45.6. The summed E-state index contributed by atoms with van der Waals surface area (Å²) in [6.45, 7) is 27.8. The molecule has 13 heteroatoms. The van der Waals surface area contributed by atoms with Crippen LogP contribution in [-0.2, 0) is 19.5 Å². The summed E-state index contributed by atoms with van der Waals surface area (Å²) in [5, 5.41) is 3.11. The largest absolute Gasteiger partial charge is 2.00 e. The number of hydrogen-bond donors (Lipinski definition) is 0. The van der Waals surface area contributed by atoms with Crippen LogP contribution in [0.4, 0.5) is 0 Å². The van der Waals surface area contributed by atoms with Crippen LogP contribution in [0.1, 0.15) is 83.1 Å². The molecule has 65 heavy (non-hydrogen) atoms. The summed E-state index contributed by atoms with van der Waals surface area (Å²) in [4.78, 5) is 41.2. The summed E-state index contributed by atoms with van der Waals surface area (Å²) in [6, 6.07) is 23.6. The second-order valence-electron chi connectivity index (χ2n) is 21.7. The van der Waals surface area contributed by atoms with E-state index in [1.165, 1.54) is 0 Å². The van der Waals surface area contributed by atoms with E-state index in [9.17, 15) is 0 Å². The van der Waals surface area contributed by atoms with E-state index in [4.69, 9.17) is 58.8 Å². The number of rotatable bonds is 8. The Labute approximate surface area is 393 Å². The van der Waals surface area contributed by atoms with E-state index >= 15 is 0 Å². The summed E-state index contributed by atoms with van der Waals surface area (Å²) in [7, 11) is 0. The molecule has 12 nitrogen and oxygen atoms in total. The predicted molar refractivity (Wildman–Crippen MR) is 254 cm³/mol. The van der Waals surface area contributed by atoms with Gasteiger partial charge in [0.05, 0.1) is 49.7 Å². The fourth-order valence-corrected chi connectivity index (χ4v) is 7.14. The Morgan fingerprint density at radius 3 is 0.938 bits per heavy atom. The van der Waals surface area contributed by atoms with E-state index in [-0.39, 0.29) is 41.1 Å². The predicted octanol–water partition coefficient (Wildman–Crippen LogP) is 11.8. The molecular formula is C52H56N8O4Zn. The van der Waals surface area contributed by atoms with E-state index in [0.717, 1.165) is 43.8 Å². The molecule has 3 aromatic heterocycles. The standard InChI is InChI=1S/C52H56N8O4.Zn/c1-49(2,3)25-61-29-13-17-33-37(21-29)45-54-41(33)53-42-34-18-14-30(62-26-50(4,5)6)22-38(34)46(55-42)57-44-36-20-16-32(64-28-52(10,11)12)24-40(36)48(59-44)60-47-39-23-31(63-27-51(7,8)9)15-19-35(39)43(56-45)58-47;/h13-24H,25-28H2,1-12H3;/q-2;+2. The van der Waals surface area contributed by atoms with Gasteiger partial charge in [-0.15, -0.1) is 0 Å². The molecule has 330 valence electrons. The first-order chi connectivity index (χ1) is 30.1. The Morgan fingerprint density at radius 2 is 0.615 bits per heavy atom. The van der Waals surface area contributed by atoms with Crippen molar-refractivity contribution in [3.63, 3.8) is 0 Å². The van der Waals surface area contributed by atoms with Gasteiger partial charge in [-0.3, -0.25) is 0 Å². The molecule has 0 spiro atoms. The summed E-state index contributed by atoms with van der Waals surface area (Å²) < 4.78 is 25.2. The van der Waals surface area contributed by atoms with Crippen molar-refractivity contribution in [3.8, 4) is 68.5 Å². The number of hydrogen-bond acceptors (Lipinski definition) is 10. The van der Waals surface area contributed by atoms with Crippen LogP contribution in [0.2, 0.25) is 0 Å². The maximum atomic E-state index is 6.32. The monoisotopic (exact) mass is 920 g/mol. The Balaban J connectivity index is 0.00000576. The Kier molecular flexibility index (Phi) is 11.8. The first-order valence-corrected chi connectivity index (χ1v) is 21.9. The van der Waals surface area contributed by atoms with Crippen LogP contribution in [0.5, 0.6) is 23.0 Å². The van der Waals surface area contributed by atoms with Crippen molar-refractivity contribution < 1.29 is 38.4 Å². The average Bonchev–Trinajstić information content (AvgIpc) is 3.94. The van der Waals surface area contributed by atoms with Gasteiger partial charge in [-0.2, -0.15) is 0 Å². The van der Waals surface area contributed by atoms with Crippen molar-refractivity contribution in [1.82, 2.24) is 39.9 Å². The van der Waals surface area contributed by atoms with Gasteiger partial charge < -0.3 is 48.9 Å². The molecule has 8 bridgehead atoms. The summed E-state index contributed by atoms with van der Waals surface area (Å²) >= 11 is 0. The normalized spacial score (nSPS) is 12.7. The van der Waals surface area contributed by atoms with Crippen LogP contribution in [0.15, 0.2) is 72.8 Å². The number of benzene rings is 4. The second-order valence-corrected chi connectivity index (χ2v) is 21.7. The van der Waals surface area contributed by atoms with Crippen LogP contribution < -0.4 is 28.9 Å². The fourth-order valence-electron chi connectivity index (χ4n) is 7.14. The Hall–Kier alpha value is -5.94. The van der Waals surface area contributed by atoms with Crippen molar-refractivity contribution >= 4 is 44.1 Å². The minimum absolute atomic E-state index is 0. The Morgan fingerprint density at radius 1 is 0.338 bits per heavy atom. The van der Waals surface area contributed by atoms with E-state index < -0.39 is 0 Å². The zero-order valence-electron chi connectivity index (χ0n) is 39.7. The first-order valence-electron chi connectivity index (χ1n) is 21.9. The van der Waals surface area contributed by atoms with Gasteiger partial charge in [-0.05, 0) is 116 Å². The quantitative estimate of drug-likeness (QED) is 0.134. The zero-order valence-corrected chi connectivity index (χ0v) is 42.6. The van der Waals surface area contributed by atoms with E-state index in [0.29, 0.717) is 95.3 Å². The van der Waals surface area contributed by atoms with Crippen LogP contribution >= 0.6 is 0 Å². The van der Waals surface area contributed by atoms with Crippen LogP contribution in [0.25, 0.3) is 89.7 Å². The van der Waals surface area contributed by atoms with Crippen molar-refractivity contribution in [2.75, 3.05) is 26.4 Å². The van der Waals surface area contributed by atoms with Crippen molar-refractivity contribution in [2.24, 2.45) is 21.7 Å². The van der Waals surface area contributed by atoms with Crippen LogP contribution in [-0.4, -0.2) is 56.3 Å². The summed E-state index contributed by atoms with van der Waals surface area (Å²) in [6.07, 6.45) is 0. The third-order valence-corrected chi connectivity index (χ3v) is 10.3. The average molecular weight is 922 g/mol. The molecule has 0 saturated carbocycles. The van der Waals surface area contributed by atoms with Gasteiger partial charge in [0.1, 0.15) is 23.0 Å². The third-order valence-electron chi connectivity index (χ3n) is 10.3. The minimum atomic E-state index is -0.0479. The van der Waals surface area contributed by atoms with E-state index in [1.807, 2.05) is 72.8 Å². The van der Waals surface area contributed by atoms with Crippen LogP contribution in [0, 0.1) is 21.7 Å². The molecule has 0 atom stereocenters. The number of fused-ring (bicyclic) bond motifs is 20. The van der Waals surface area contributed by atoms with Gasteiger partial charge in [0.25, 0.3) is 0 Å². The molecule has 0 aliphatic carbocycles. The van der Waals surface area contributed by atoms with Crippen LogP contribution in [0.3, 0.4) is 0 Å². The topological polar surface area (TPSA) is 142 Å². The van der Waals surface area contributed by atoms with Gasteiger partial charge in [-0.1, -0.05) is 83.1 Å². The van der Waals surface area contributed by atoms with E-state index in [1.54, 1.807) is 0 Å². The molecule has 4 aromatic carbocycles. The van der Waals surface area contributed by atoms with Crippen molar-refractivity contribution in [3.05, 3.63) is 72.8 Å². The summed E-state index contributed by atoms with van der Waals surface area (Å²) in [5.41, 5.74) is 4.71. The fraction of sp³-hybridized carbons (Fsp3) is 0.385. The minimum Gasteiger partial charge on any atom is -0.493 e. The van der Waals surface area contributed by atoms with Crippen molar-refractivity contribution in [2.45, 2.75) is 83.1 Å². The maximum Gasteiger partial charge on any atom is 2.00 e. The van der Waals surface area contributed by atoms with Gasteiger partial charge in [-0.25, -0.2) is 9.97 Å². The molecule has 2 aliphatic rings. The smallest absolute Gasteiger partial charge is 0.493 e. The van der Waals surface area contributed by atoms with Gasteiger partial charge in [0.2, 0.25) is 0 Å². The molecule has 2 aliphatic heterocycles. The van der Waals surface area contributed by atoms with Gasteiger partial charge in [0.15, 0.2) is 0 Å². The summed E-state index contributed by atoms with van der Waals surface area (Å²) in [5.74, 6) is 4.60. The molecule has 0 amide bonds. The molecule has 0 N–H and O–H groups in total. The number of nitrogens with zero attached hydrogens (tertiary/aromatic N) is 8. The third kappa shape index (κ3) is 10.2. The number of ether oxygens (including phenoxy) is 4. The zero-order chi connectivity index (χ0) is 45.3. The van der Waals surface area contributed by atoms with Crippen molar-refractivity contribution in [1.29, 1.82) is 0 Å². The molecule has 0 fully saturated rings. The molecule has 0 unspecified atom stereocenters. The van der Waals surface area contributed by atoms with E-state index in [2.05, 4.69) is 83.1 Å². The molecule has 9 rings (SSSR count). The van der Waals surface area contributed by atoms with Gasteiger partial charge >= 0.3 is 19.5 Å². The van der Waals surface area contributed by atoms with Gasteiger partial charge in [0, 0.05) is 44.8 Å².